The molecule has 0 aliphatic carbocycles. The Morgan fingerprint density at radius 3 is 3.00 bits per heavy atom. The Kier molecular flexibility index (Phi) is 4.27. The molecule has 136 valence electrons. The number of furan rings is 1. The number of hydrogen-bond acceptors (Lipinski definition) is 2. The molecule has 2 aromatic carbocycles. The maximum atomic E-state index is 6.08. The lowest BCUT2D eigenvalue weighted by Crippen LogP contribution is -2.30. The molecule has 3 nitrogen and oxygen atoms in total. The van der Waals surface area contributed by atoms with E-state index in [1.54, 1.807) is 6.26 Å². The number of halogens is 1. The molecule has 1 N–H and O–H groups in total. The summed E-state index contributed by atoms with van der Waals surface area (Å²) in [6.07, 6.45) is 8.35. The summed E-state index contributed by atoms with van der Waals surface area (Å²) in [7, 11) is 0. The lowest BCUT2D eigenvalue weighted by Gasteiger charge is -2.26. The highest BCUT2D eigenvalue weighted by Crippen LogP contribution is 2.30. The lowest BCUT2D eigenvalue weighted by molar-refractivity contribution is 0.306. The SMILES string of the molecule is Clc1ccc2c(CCN3CC=C(c4cccc5ccoc45)CC3)c[nH]c2c1. The molecule has 0 fully saturated rings. The first kappa shape index (κ1) is 16.7. The van der Waals surface area contributed by atoms with Crippen LogP contribution in [-0.4, -0.2) is 29.5 Å². The predicted octanol–water partition coefficient (Wildman–Crippen LogP) is 5.90. The Balaban J connectivity index is 1.28. The van der Waals surface area contributed by atoms with E-state index in [1.165, 1.54) is 27.5 Å². The van der Waals surface area contributed by atoms with E-state index in [4.69, 9.17) is 16.0 Å². The monoisotopic (exact) mass is 376 g/mol. The molecular formula is C23H21ClN2O. The number of aromatic nitrogens is 1. The van der Waals surface area contributed by atoms with Crippen molar-refractivity contribution in [2.45, 2.75) is 12.8 Å². The molecule has 0 amide bonds. The maximum absolute atomic E-state index is 6.08. The van der Waals surface area contributed by atoms with Crippen LogP contribution in [0.25, 0.3) is 27.4 Å². The summed E-state index contributed by atoms with van der Waals surface area (Å²) in [5.74, 6) is 0. The third-order valence-electron chi connectivity index (χ3n) is 5.55. The summed E-state index contributed by atoms with van der Waals surface area (Å²) in [5.41, 5.74) is 6.12. The number of nitrogens with zero attached hydrogens (tertiary/aromatic N) is 1. The van der Waals surface area contributed by atoms with E-state index >= 15 is 0 Å². The zero-order valence-electron chi connectivity index (χ0n) is 15.0. The van der Waals surface area contributed by atoms with Crippen molar-refractivity contribution in [3.8, 4) is 0 Å². The fraction of sp³-hybridized carbons (Fsp3) is 0.217. The second-order valence-electron chi connectivity index (χ2n) is 7.18. The van der Waals surface area contributed by atoms with Crippen molar-refractivity contribution < 1.29 is 4.42 Å². The van der Waals surface area contributed by atoms with Crippen molar-refractivity contribution >= 4 is 39.0 Å². The number of aromatic amines is 1. The Morgan fingerprint density at radius 2 is 2.11 bits per heavy atom. The first-order chi connectivity index (χ1) is 13.3. The van der Waals surface area contributed by atoms with Crippen LogP contribution in [0.3, 0.4) is 0 Å². The standard InChI is InChI=1S/C23H21ClN2O/c24-19-4-5-20-18(15-25-22(20)14-19)8-12-26-10-6-16(7-11-26)21-3-1-2-17-9-13-27-23(17)21/h1-6,9,13-15,25H,7-8,10-12H2. The van der Waals surface area contributed by atoms with Crippen LogP contribution in [0, 0.1) is 0 Å². The van der Waals surface area contributed by atoms with Gasteiger partial charge in [-0.25, -0.2) is 0 Å². The number of rotatable bonds is 4. The van der Waals surface area contributed by atoms with Crippen LogP contribution in [0.4, 0.5) is 0 Å². The van der Waals surface area contributed by atoms with E-state index in [0.29, 0.717) is 0 Å². The van der Waals surface area contributed by atoms with E-state index in [-0.39, 0.29) is 0 Å². The second kappa shape index (κ2) is 6.91. The third-order valence-corrected chi connectivity index (χ3v) is 5.78. The minimum atomic E-state index is 0.774. The van der Waals surface area contributed by atoms with Crippen LogP contribution in [0.2, 0.25) is 5.02 Å². The summed E-state index contributed by atoms with van der Waals surface area (Å²) in [6, 6.07) is 14.5. The maximum Gasteiger partial charge on any atom is 0.141 e. The van der Waals surface area contributed by atoms with E-state index in [0.717, 1.165) is 48.6 Å². The van der Waals surface area contributed by atoms with Crippen LogP contribution in [0.1, 0.15) is 17.5 Å². The van der Waals surface area contributed by atoms with Gasteiger partial charge in [-0.3, -0.25) is 4.90 Å². The third kappa shape index (κ3) is 3.18. The van der Waals surface area contributed by atoms with Gasteiger partial charge in [-0.1, -0.05) is 41.9 Å². The smallest absolute Gasteiger partial charge is 0.141 e. The average molecular weight is 377 g/mol. The molecule has 4 aromatic rings. The highest BCUT2D eigenvalue weighted by Gasteiger charge is 2.16. The van der Waals surface area contributed by atoms with Gasteiger partial charge < -0.3 is 9.40 Å². The summed E-state index contributed by atoms with van der Waals surface area (Å²) >= 11 is 6.08. The number of nitrogens with one attached hydrogen (secondary N) is 1. The van der Waals surface area contributed by atoms with E-state index in [2.05, 4.69) is 46.4 Å². The number of para-hydroxylation sites is 1. The minimum absolute atomic E-state index is 0.774. The summed E-state index contributed by atoms with van der Waals surface area (Å²) in [4.78, 5) is 5.85. The van der Waals surface area contributed by atoms with Gasteiger partial charge in [-0.05, 0) is 42.2 Å². The molecule has 0 saturated carbocycles. The van der Waals surface area contributed by atoms with Crippen molar-refractivity contribution in [1.82, 2.24) is 9.88 Å². The van der Waals surface area contributed by atoms with Crippen molar-refractivity contribution in [3.63, 3.8) is 0 Å². The predicted molar refractivity (Wildman–Crippen MR) is 112 cm³/mol. The van der Waals surface area contributed by atoms with Gasteiger partial charge in [0, 0.05) is 52.7 Å². The molecule has 5 rings (SSSR count). The summed E-state index contributed by atoms with van der Waals surface area (Å²) in [6.45, 7) is 3.13. The van der Waals surface area contributed by atoms with Crippen LogP contribution >= 0.6 is 11.6 Å². The highest BCUT2D eigenvalue weighted by atomic mass is 35.5. The molecule has 0 radical (unpaired) electrons. The van der Waals surface area contributed by atoms with Gasteiger partial charge >= 0.3 is 0 Å². The van der Waals surface area contributed by atoms with Crippen LogP contribution in [-0.2, 0) is 6.42 Å². The first-order valence-electron chi connectivity index (χ1n) is 9.41. The van der Waals surface area contributed by atoms with Gasteiger partial charge in [0.15, 0.2) is 0 Å². The van der Waals surface area contributed by atoms with Crippen molar-refractivity contribution in [3.05, 3.63) is 77.2 Å². The van der Waals surface area contributed by atoms with Crippen LogP contribution in [0.15, 0.2) is 65.4 Å². The minimum Gasteiger partial charge on any atom is -0.464 e. The van der Waals surface area contributed by atoms with Crippen LogP contribution in [0.5, 0.6) is 0 Å². The fourth-order valence-electron chi connectivity index (χ4n) is 4.05. The van der Waals surface area contributed by atoms with Gasteiger partial charge in [-0.2, -0.15) is 0 Å². The fourth-order valence-corrected chi connectivity index (χ4v) is 4.22. The highest BCUT2D eigenvalue weighted by molar-refractivity contribution is 6.31. The molecule has 3 heterocycles. The van der Waals surface area contributed by atoms with Gasteiger partial charge in [0.1, 0.15) is 5.58 Å². The molecular weight excluding hydrogens is 356 g/mol. The second-order valence-corrected chi connectivity index (χ2v) is 7.61. The molecule has 1 aliphatic heterocycles. The summed E-state index contributed by atoms with van der Waals surface area (Å²) in [5, 5.41) is 3.23. The molecule has 0 spiro atoms. The largest absolute Gasteiger partial charge is 0.464 e. The number of H-pyrrole nitrogens is 1. The molecule has 27 heavy (non-hydrogen) atoms. The molecule has 2 aromatic heterocycles. The van der Waals surface area contributed by atoms with E-state index < -0.39 is 0 Å². The van der Waals surface area contributed by atoms with Gasteiger partial charge in [0.05, 0.1) is 6.26 Å². The zero-order valence-corrected chi connectivity index (χ0v) is 15.8. The van der Waals surface area contributed by atoms with Crippen molar-refractivity contribution in [1.29, 1.82) is 0 Å². The van der Waals surface area contributed by atoms with Gasteiger partial charge in [0.2, 0.25) is 0 Å². The Hall–Kier alpha value is -2.49. The lowest BCUT2D eigenvalue weighted by atomic mass is 9.97. The average Bonchev–Trinajstić information content (AvgIpc) is 3.33. The van der Waals surface area contributed by atoms with Crippen molar-refractivity contribution in [2.75, 3.05) is 19.6 Å². The molecule has 0 bridgehead atoms. The zero-order chi connectivity index (χ0) is 18.2. The van der Waals surface area contributed by atoms with Crippen molar-refractivity contribution in [2.24, 2.45) is 0 Å². The van der Waals surface area contributed by atoms with Gasteiger partial charge in [-0.15, -0.1) is 0 Å². The topological polar surface area (TPSA) is 32.2 Å². The number of benzene rings is 2. The van der Waals surface area contributed by atoms with Gasteiger partial charge in [0.25, 0.3) is 0 Å². The number of hydrogen-bond donors (Lipinski definition) is 1. The van der Waals surface area contributed by atoms with E-state index in [9.17, 15) is 0 Å². The molecule has 0 saturated heterocycles. The normalized spacial score (nSPS) is 15.5. The Labute approximate surface area is 163 Å². The summed E-state index contributed by atoms with van der Waals surface area (Å²) < 4.78 is 5.71. The first-order valence-corrected chi connectivity index (χ1v) is 9.79. The molecule has 0 unspecified atom stereocenters. The van der Waals surface area contributed by atoms with E-state index in [1.807, 2.05) is 18.2 Å². The quantitative estimate of drug-likeness (QED) is 0.481. The Morgan fingerprint density at radius 1 is 1.15 bits per heavy atom. The van der Waals surface area contributed by atoms with Crippen LogP contribution < -0.4 is 0 Å². The molecule has 1 aliphatic rings. The Bertz CT molecular complexity index is 1140. The molecule has 0 atom stereocenters. The number of fused-ring (bicyclic) bond motifs is 2. The molecule has 4 heteroatoms.